The van der Waals surface area contributed by atoms with Crippen LogP contribution in [0.1, 0.15) is 42.4 Å². The lowest BCUT2D eigenvalue weighted by Gasteiger charge is -2.18. The third kappa shape index (κ3) is 4.50. The number of nitrogen functional groups attached to an aromatic ring is 1. The quantitative estimate of drug-likeness (QED) is 0.300. The monoisotopic (exact) mass is 424 g/mol. The van der Waals surface area contributed by atoms with E-state index in [1.54, 1.807) is 0 Å². The number of hydrogen-bond donors (Lipinski definition) is 1. The van der Waals surface area contributed by atoms with Gasteiger partial charge < -0.3 is 10.5 Å². The zero-order valence-corrected chi connectivity index (χ0v) is 18.7. The van der Waals surface area contributed by atoms with E-state index in [-0.39, 0.29) is 5.97 Å². The number of rotatable bonds is 6. The Balaban J connectivity index is 1.81. The fourth-order valence-corrected chi connectivity index (χ4v) is 4.13. The first-order valence-electron chi connectivity index (χ1n) is 10.9. The number of hydrogen-bond acceptors (Lipinski definition) is 4. The smallest absolute Gasteiger partial charge is 0.313 e. The van der Waals surface area contributed by atoms with Crippen molar-refractivity contribution < 1.29 is 9.53 Å². The number of methoxy groups -OCH3 is 1. The van der Waals surface area contributed by atoms with E-state index in [9.17, 15) is 4.79 Å². The predicted octanol–water partition coefficient (Wildman–Crippen LogP) is 6.11. The van der Waals surface area contributed by atoms with E-state index < -0.39 is 5.92 Å². The first-order valence-corrected chi connectivity index (χ1v) is 10.9. The molecule has 0 aliphatic heterocycles. The van der Waals surface area contributed by atoms with Gasteiger partial charge in [-0.15, -0.1) is 0 Å². The molecule has 1 atom stereocenters. The van der Waals surface area contributed by atoms with Crippen molar-refractivity contribution in [3.05, 3.63) is 95.7 Å². The molecule has 0 aliphatic rings. The zero-order valence-electron chi connectivity index (χ0n) is 18.7. The van der Waals surface area contributed by atoms with Crippen LogP contribution in [0.5, 0.6) is 0 Å². The Morgan fingerprint density at radius 1 is 0.969 bits per heavy atom. The van der Waals surface area contributed by atoms with E-state index in [0.717, 1.165) is 33.2 Å². The van der Waals surface area contributed by atoms with Crippen LogP contribution in [-0.2, 0) is 16.0 Å². The minimum atomic E-state index is -0.422. The average molecular weight is 425 g/mol. The highest BCUT2D eigenvalue weighted by Crippen LogP contribution is 2.34. The Morgan fingerprint density at radius 2 is 1.78 bits per heavy atom. The molecule has 0 radical (unpaired) electrons. The number of ether oxygens (including phenoxy) is 1. The molecule has 3 aromatic carbocycles. The topological polar surface area (TPSA) is 65.2 Å². The first-order chi connectivity index (χ1) is 15.5. The molecule has 0 fully saturated rings. The molecule has 1 aromatic heterocycles. The van der Waals surface area contributed by atoms with Gasteiger partial charge >= 0.3 is 5.97 Å². The van der Waals surface area contributed by atoms with Crippen LogP contribution >= 0.6 is 0 Å². The molecule has 1 heterocycles. The maximum atomic E-state index is 12.7. The van der Waals surface area contributed by atoms with Crippen molar-refractivity contribution in [3.63, 3.8) is 0 Å². The summed E-state index contributed by atoms with van der Waals surface area (Å²) in [4.78, 5) is 17.4. The SMILES string of the molecule is COC(=O)C(Cc1cccc(N)c1)c1cccc(-c2cc(C(C)C)cc3cccnc23)c1. The molecular weight excluding hydrogens is 396 g/mol. The van der Waals surface area contributed by atoms with Gasteiger partial charge in [0.05, 0.1) is 18.5 Å². The van der Waals surface area contributed by atoms with E-state index in [1.165, 1.54) is 12.7 Å². The van der Waals surface area contributed by atoms with Gasteiger partial charge in [-0.3, -0.25) is 9.78 Å². The maximum absolute atomic E-state index is 12.7. The van der Waals surface area contributed by atoms with Crippen LogP contribution in [0.25, 0.3) is 22.0 Å². The second-order valence-corrected chi connectivity index (χ2v) is 8.45. The number of anilines is 1. The average Bonchev–Trinajstić information content (AvgIpc) is 2.81. The lowest BCUT2D eigenvalue weighted by molar-refractivity contribution is -0.142. The Hall–Kier alpha value is -3.66. The lowest BCUT2D eigenvalue weighted by atomic mass is 9.88. The third-order valence-corrected chi connectivity index (χ3v) is 5.87. The highest BCUT2D eigenvalue weighted by molar-refractivity contribution is 5.94. The molecule has 0 amide bonds. The summed E-state index contributed by atoms with van der Waals surface area (Å²) in [6.07, 6.45) is 2.34. The summed E-state index contributed by atoms with van der Waals surface area (Å²) in [6.45, 7) is 4.38. The zero-order chi connectivity index (χ0) is 22.7. The Kier molecular flexibility index (Phi) is 6.22. The highest BCUT2D eigenvalue weighted by atomic mass is 16.5. The fraction of sp³-hybridized carbons (Fsp3) is 0.214. The number of nitrogens with zero attached hydrogens (tertiary/aromatic N) is 1. The number of carbonyl (C=O) groups excluding carboxylic acids is 1. The molecule has 0 saturated carbocycles. The van der Waals surface area contributed by atoms with Gasteiger partial charge in [0.2, 0.25) is 0 Å². The second-order valence-electron chi connectivity index (χ2n) is 8.45. The highest BCUT2D eigenvalue weighted by Gasteiger charge is 2.23. The van der Waals surface area contributed by atoms with Crippen LogP contribution in [0.4, 0.5) is 5.69 Å². The molecule has 0 spiro atoms. The molecule has 2 N–H and O–H groups in total. The van der Waals surface area contributed by atoms with Crippen molar-refractivity contribution in [2.24, 2.45) is 0 Å². The summed E-state index contributed by atoms with van der Waals surface area (Å²) in [5.41, 5.74) is 12.9. The molecule has 1 unspecified atom stereocenters. The van der Waals surface area contributed by atoms with Crippen molar-refractivity contribution in [2.45, 2.75) is 32.1 Å². The van der Waals surface area contributed by atoms with Crippen molar-refractivity contribution in [3.8, 4) is 11.1 Å². The van der Waals surface area contributed by atoms with Crippen LogP contribution in [0.3, 0.4) is 0 Å². The summed E-state index contributed by atoms with van der Waals surface area (Å²) in [6, 6.07) is 24.3. The van der Waals surface area contributed by atoms with Gasteiger partial charge in [0, 0.05) is 22.8 Å². The molecule has 32 heavy (non-hydrogen) atoms. The van der Waals surface area contributed by atoms with Gasteiger partial charge in [-0.05, 0) is 64.9 Å². The maximum Gasteiger partial charge on any atom is 0.313 e. The fourth-order valence-electron chi connectivity index (χ4n) is 4.13. The van der Waals surface area contributed by atoms with Gasteiger partial charge in [0.25, 0.3) is 0 Å². The number of carbonyl (C=O) groups is 1. The Bertz CT molecular complexity index is 1260. The van der Waals surface area contributed by atoms with Crippen LogP contribution in [0.15, 0.2) is 79.0 Å². The number of benzene rings is 3. The molecule has 0 aliphatic carbocycles. The Labute approximate surface area is 189 Å². The van der Waals surface area contributed by atoms with Crippen molar-refractivity contribution >= 4 is 22.6 Å². The number of pyridine rings is 1. The van der Waals surface area contributed by atoms with Crippen molar-refractivity contribution in [1.29, 1.82) is 0 Å². The van der Waals surface area contributed by atoms with Crippen LogP contribution in [-0.4, -0.2) is 18.1 Å². The number of nitrogens with two attached hydrogens (primary N) is 1. The molecular formula is C28H28N2O2. The second kappa shape index (κ2) is 9.23. The van der Waals surface area contributed by atoms with E-state index in [2.05, 4.69) is 49.2 Å². The van der Waals surface area contributed by atoms with Crippen LogP contribution in [0, 0.1) is 0 Å². The molecule has 0 saturated heterocycles. The number of aromatic nitrogens is 1. The van der Waals surface area contributed by atoms with E-state index >= 15 is 0 Å². The summed E-state index contributed by atoms with van der Waals surface area (Å²) < 4.78 is 5.15. The molecule has 4 nitrogen and oxygen atoms in total. The van der Waals surface area contributed by atoms with Gasteiger partial charge in [0.15, 0.2) is 0 Å². The van der Waals surface area contributed by atoms with Crippen LogP contribution in [0.2, 0.25) is 0 Å². The molecule has 4 aromatic rings. The summed E-state index contributed by atoms with van der Waals surface area (Å²) in [5, 5.41) is 1.11. The number of esters is 1. The largest absolute Gasteiger partial charge is 0.469 e. The first kappa shape index (κ1) is 21.6. The minimum absolute atomic E-state index is 0.261. The van der Waals surface area contributed by atoms with Gasteiger partial charge in [-0.1, -0.05) is 56.3 Å². The van der Waals surface area contributed by atoms with Crippen LogP contribution < -0.4 is 5.73 Å². The van der Waals surface area contributed by atoms with Crippen molar-refractivity contribution in [2.75, 3.05) is 12.8 Å². The molecule has 4 heteroatoms. The van der Waals surface area contributed by atoms with Gasteiger partial charge in [-0.25, -0.2) is 0 Å². The molecule has 4 rings (SSSR count). The normalized spacial score (nSPS) is 12.1. The van der Waals surface area contributed by atoms with Gasteiger partial charge in [-0.2, -0.15) is 0 Å². The van der Waals surface area contributed by atoms with Gasteiger partial charge in [0.1, 0.15) is 0 Å². The van der Waals surface area contributed by atoms with Crippen molar-refractivity contribution in [1.82, 2.24) is 4.98 Å². The summed E-state index contributed by atoms with van der Waals surface area (Å²) in [5.74, 6) is -0.286. The minimum Gasteiger partial charge on any atom is -0.469 e. The van der Waals surface area contributed by atoms with E-state index in [4.69, 9.17) is 10.5 Å². The van der Waals surface area contributed by atoms with E-state index in [0.29, 0.717) is 18.0 Å². The van der Waals surface area contributed by atoms with E-state index in [1.807, 2.05) is 48.7 Å². The lowest BCUT2D eigenvalue weighted by Crippen LogP contribution is -2.17. The summed E-state index contributed by atoms with van der Waals surface area (Å²) >= 11 is 0. The molecule has 162 valence electrons. The summed E-state index contributed by atoms with van der Waals surface area (Å²) in [7, 11) is 1.43. The number of fused-ring (bicyclic) bond motifs is 1. The predicted molar refractivity (Wildman–Crippen MR) is 131 cm³/mol. The molecule has 0 bridgehead atoms. The Morgan fingerprint density at radius 3 is 2.53 bits per heavy atom. The standard InChI is InChI=1S/C28H28N2O2/c1-18(2)23-16-22-10-6-12-30-27(22)25(17-23)20-8-5-9-21(15-20)26(28(31)32-3)14-19-7-4-11-24(29)13-19/h4-13,15-18,26H,14,29H2,1-3H3. The third-order valence-electron chi connectivity index (χ3n) is 5.87.